The summed E-state index contributed by atoms with van der Waals surface area (Å²) < 4.78 is 19.6. The lowest BCUT2D eigenvalue weighted by atomic mass is 10.1. The van der Waals surface area contributed by atoms with E-state index in [0.29, 0.717) is 13.2 Å². The molecule has 0 bridgehead atoms. The van der Waals surface area contributed by atoms with Crippen molar-refractivity contribution in [3.8, 4) is 0 Å². The van der Waals surface area contributed by atoms with Gasteiger partial charge >= 0.3 is 0 Å². The third-order valence-corrected chi connectivity index (χ3v) is 3.19. The van der Waals surface area contributed by atoms with Gasteiger partial charge in [-0.25, -0.2) is 4.39 Å². The van der Waals surface area contributed by atoms with Gasteiger partial charge in [-0.1, -0.05) is 22.9 Å². The topological polar surface area (TPSA) is 21.3 Å². The lowest BCUT2D eigenvalue weighted by Crippen LogP contribution is -2.26. The molecule has 0 aromatic heterocycles. The van der Waals surface area contributed by atoms with Gasteiger partial charge in [-0.05, 0) is 43.7 Å². The van der Waals surface area contributed by atoms with E-state index in [1.54, 1.807) is 12.1 Å². The summed E-state index contributed by atoms with van der Waals surface area (Å²) in [5, 5.41) is 3.37. The van der Waals surface area contributed by atoms with Gasteiger partial charge in [0.1, 0.15) is 5.82 Å². The Balaban J connectivity index is 2.82. The smallest absolute Gasteiger partial charge is 0.123 e. The Morgan fingerprint density at radius 1 is 1.41 bits per heavy atom. The van der Waals surface area contributed by atoms with Crippen LogP contribution >= 0.6 is 15.9 Å². The highest BCUT2D eigenvalue weighted by Crippen LogP contribution is 2.24. The average molecular weight is 304 g/mol. The van der Waals surface area contributed by atoms with E-state index < -0.39 is 0 Å². The molecule has 2 nitrogen and oxygen atoms in total. The van der Waals surface area contributed by atoms with Crippen LogP contribution in [-0.4, -0.2) is 19.8 Å². The van der Waals surface area contributed by atoms with Crippen molar-refractivity contribution in [2.24, 2.45) is 0 Å². The quantitative estimate of drug-likeness (QED) is 0.830. The minimum absolute atomic E-state index is 0.0278. The molecule has 0 saturated heterocycles. The zero-order valence-corrected chi connectivity index (χ0v) is 11.9. The first-order valence-corrected chi connectivity index (χ1v) is 6.74. The molecule has 17 heavy (non-hydrogen) atoms. The van der Waals surface area contributed by atoms with Crippen molar-refractivity contribution >= 4 is 15.9 Å². The highest BCUT2D eigenvalue weighted by Gasteiger charge is 2.14. The highest BCUT2D eigenvalue weighted by atomic mass is 79.9. The molecule has 1 aromatic rings. The lowest BCUT2D eigenvalue weighted by molar-refractivity contribution is 0.122. The van der Waals surface area contributed by atoms with Crippen LogP contribution in [0.3, 0.4) is 0 Å². The molecule has 1 N–H and O–H groups in total. The van der Waals surface area contributed by atoms with Gasteiger partial charge in [0.15, 0.2) is 0 Å². The van der Waals surface area contributed by atoms with Crippen molar-refractivity contribution in [2.45, 2.75) is 26.3 Å². The second-order valence-electron chi connectivity index (χ2n) is 3.83. The normalized spacial score (nSPS) is 12.7. The number of nitrogens with one attached hydrogen (secondary N) is 1. The molecule has 1 unspecified atom stereocenters. The van der Waals surface area contributed by atoms with Crippen LogP contribution in [0.4, 0.5) is 4.39 Å². The Kier molecular flexibility index (Phi) is 6.70. The molecule has 0 saturated carbocycles. The standard InChI is InChI=1S/C13H19BrFNO/c1-3-7-16-13(9-17-4-2)11-8-10(15)5-6-12(11)14/h5-6,8,13,16H,3-4,7,9H2,1-2H3. The molecule has 0 amide bonds. The molecule has 0 spiro atoms. The first kappa shape index (κ1) is 14.6. The van der Waals surface area contributed by atoms with Crippen molar-refractivity contribution in [2.75, 3.05) is 19.8 Å². The predicted octanol–water partition coefficient (Wildman–Crippen LogP) is 3.67. The van der Waals surface area contributed by atoms with Crippen molar-refractivity contribution in [1.29, 1.82) is 0 Å². The zero-order valence-electron chi connectivity index (χ0n) is 10.3. The van der Waals surface area contributed by atoms with Crippen molar-refractivity contribution in [1.82, 2.24) is 5.32 Å². The van der Waals surface area contributed by atoms with Crippen LogP contribution in [0.15, 0.2) is 22.7 Å². The molecule has 1 atom stereocenters. The maximum atomic E-state index is 13.3. The minimum Gasteiger partial charge on any atom is -0.380 e. The molecule has 0 aliphatic rings. The van der Waals surface area contributed by atoms with Gasteiger partial charge in [-0.15, -0.1) is 0 Å². The van der Waals surface area contributed by atoms with Crippen LogP contribution in [0.5, 0.6) is 0 Å². The molecule has 1 rings (SSSR count). The molecular weight excluding hydrogens is 285 g/mol. The number of rotatable bonds is 7. The second kappa shape index (κ2) is 7.80. The zero-order chi connectivity index (χ0) is 12.7. The number of ether oxygens (including phenoxy) is 1. The molecular formula is C13H19BrFNO. The van der Waals surface area contributed by atoms with Gasteiger partial charge in [0.2, 0.25) is 0 Å². The summed E-state index contributed by atoms with van der Waals surface area (Å²) in [6, 6.07) is 4.76. The van der Waals surface area contributed by atoms with Crippen LogP contribution < -0.4 is 5.32 Å². The largest absolute Gasteiger partial charge is 0.380 e. The molecule has 0 fully saturated rings. The summed E-state index contributed by atoms with van der Waals surface area (Å²) in [5.74, 6) is -0.219. The van der Waals surface area contributed by atoms with E-state index in [4.69, 9.17) is 4.74 Å². The van der Waals surface area contributed by atoms with Crippen molar-refractivity contribution in [3.05, 3.63) is 34.1 Å². The van der Waals surface area contributed by atoms with E-state index in [9.17, 15) is 4.39 Å². The van der Waals surface area contributed by atoms with E-state index in [1.165, 1.54) is 6.07 Å². The highest BCUT2D eigenvalue weighted by molar-refractivity contribution is 9.10. The fraction of sp³-hybridized carbons (Fsp3) is 0.538. The Hall–Kier alpha value is -0.450. The minimum atomic E-state index is -0.219. The molecule has 0 radical (unpaired) electrons. The third kappa shape index (κ3) is 4.74. The van der Waals surface area contributed by atoms with Crippen molar-refractivity contribution < 1.29 is 9.13 Å². The number of hydrogen-bond acceptors (Lipinski definition) is 2. The van der Waals surface area contributed by atoms with Crippen LogP contribution in [0.1, 0.15) is 31.9 Å². The van der Waals surface area contributed by atoms with Gasteiger partial charge in [0, 0.05) is 11.1 Å². The van der Waals surface area contributed by atoms with E-state index in [1.807, 2.05) is 6.92 Å². The maximum absolute atomic E-state index is 13.3. The molecule has 0 aliphatic heterocycles. The van der Waals surface area contributed by atoms with Gasteiger partial charge in [0.25, 0.3) is 0 Å². The maximum Gasteiger partial charge on any atom is 0.123 e. The summed E-state index contributed by atoms with van der Waals surface area (Å²) in [6.45, 7) is 6.17. The van der Waals surface area contributed by atoms with E-state index in [2.05, 4.69) is 28.2 Å². The summed E-state index contributed by atoms with van der Waals surface area (Å²) >= 11 is 3.45. The van der Waals surface area contributed by atoms with Gasteiger partial charge in [-0.3, -0.25) is 0 Å². The number of benzene rings is 1. The molecule has 0 heterocycles. The molecule has 0 aliphatic carbocycles. The first-order chi connectivity index (χ1) is 8.19. The van der Waals surface area contributed by atoms with Crippen LogP contribution in [0.25, 0.3) is 0 Å². The summed E-state index contributed by atoms with van der Waals surface area (Å²) in [6.07, 6.45) is 1.04. The summed E-state index contributed by atoms with van der Waals surface area (Å²) in [7, 11) is 0. The fourth-order valence-corrected chi connectivity index (χ4v) is 2.12. The predicted molar refractivity (Wildman–Crippen MR) is 71.6 cm³/mol. The monoisotopic (exact) mass is 303 g/mol. The van der Waals surface area contributed by atoms with Crippen LogP contribution in [-0.2, 0) is 4.74 Å². The Morgan fingerprint density at radius 2 is 2.18 bits per heavy atom. The average Bonchev–Trinajstić information content (AvgIpc) is 2.33. The van der Waals surface area contributed by atoms with Gasteiger partial charge < -0.3 is 10.1 Å². The lowest BCUT2D eigenvalue weighted by Gasteiger charge is -2.20. The summed E-state index contributed by atoms with van der Waals surface area (Å²) in [5.41, 5.74) is 0.909. The molecule has 1 aromatic carbocycles. The number of hydrogen-bond donors (Lipinski definition) is 1. The SMILES string of the molecule is CCCNC(COCC)c1cc(F)ccc1Br. The Morgan fingerprint density at radius 3 is 2.82 bits per heavy atom. The van der Waals surface area contributed by atoms with E-state index in [-0.39, 0.29) is 11.9 Å². The Labute approximate surface area is 111 Å². The van der Waals surface area contributed by atoms with Crippen LogP contribution in [0, 0.1) is 5.82 Å². The Bertz CT molecular complexity index is 338. The van der Waals surface area contributed by atoms with E-state index in [0.717, 1.165) is 23.0 Å². The third-order valence-electron chi connectivity index (χ3n) is 2.46. The second-order valence-corrected chi connectivity index (χ2v) is 4.69. The molecule has 96 valence electrons. The van der Waals surface area contributed by atoms with E-state index >= 15 is 0 Å². The first-order valence-electron chi connectivity index (χ1n) is 5.95. The van der Waals surface area contributed by atoms with Gasteiger partial charge in [-0.2, -0.15) is 0 Å². The summed E-state index contributed by atoms with van der Waals surface area (Å²) in [4.78, 5) is 0. The van der Waals surface area contributed by atoms with Crippen LogP contribution in [0.2, 0.25) is 0 Å². The molecule has 4 heteroatoms. The number of halogens is 2. The fourth-order valence-electron chi connectivity index (χ4n) is 1.59. The van der Waals surface area contributed by atoms with Crippen molar-refractivity contribution in [3.63, 3.8) is 0 Å². The van der Waals surface area contributed by atoms with Gasteiger partial charge in [0.05, 0.1) is 12.6 Å².